The van der Waals surface area contributed by atoms with E-state index in [0.29, 0.717) is 6.42 Å². The van der Waals surface area contributed by atoms with Crippen molar-refractivity contribution in [3.63, 3.8) is 0 Å². The first-order chi connectivity index (χ1) is 8.13. The van der Waals surface area contributed by atoms with Crippen LogP contribution in [0.1, 0.15) is 38.5 Å². The highest BCUT2D eigenvalue weighted by atomic mass is 32.2. The van der Waals surface area contributed by atoms with Gasteiger partial charge in [0.25, 0.3) is 0 Å². The molecule has 1 fully saturated rings. The van der Waals surface area contributed by atoms with E-state index in [1.807, 2.05) is 11.8 Å². The van der Waals surface area contributed by atoms with Crippen molar-refractivity contribution in [2.75, 3.05) is 12.8 Å². The number of carbonyl (C=O) groups excluding carboxylic acids is 1. The molecule has 1 rings (SSSR count). The van der Waals surface area contributed by atoms with Gasteiger partial charge in [0.15, 0.2) is 0 Å². The Balaban J connectivity index is 2.41. The van der Waals surface area contributed by atoms with Crippen LogP contribution in [0, 0.1) is 0 Å². The maximum atomic E-state index is 11.7. The lowest BCUT2D eigenvalue weighted by Crippen LogP contribution is -2.47. The molecule has 1 unspecified atom stereocenters. The van der Waals surface area contributed by atoms with E-state index in [0.717, 1.165) is 6.54 Å². The van der Waals surface area contributed by atoms with Crippen LogP contribution in [0.4, 0.5) is 0 Å². The highest BCUT2D eigenvalue weighted by molar-refractivity contribution is 8.00. The van der Waals surface area contributed by atoms with E-state index in [-0.39, 0.29) is 10.7 Å². The van der Waals surface area contributed by atoms with Crippen LogP contribution in [0.2, 0.25) is 0 Å². The van der Waals surface area contributed by atoms with E-state index >= 15 is 0 Å². The van der Waals surface area contributed by atoms with Crippen LogP contribution in [0.15, 0.2) is 12.7 Å². The van der Waals surface area contributed by atoms with Gasteiger partial charge in [-0.1, -0.05) is 25.3 Å². The van der Waals surface area contributed by atoms with Crippen LogP contribution in [-0.2, 0) is 4.79 Å². The molecule has 4 heteroatoms. The van der Waals surface area contributed by atoms with Crippen LogP contribution in [0.5, 0.6) is 0 Å². The third-order valence-electron chi connectivity index (χ3n) is 3.54. The van der Waals surface area contributed by atoms with Gasteiger partial charge in [0.1, 0.15) is 0 Å². The van der Waals surface area contributed by atoms with Gasteiger partial charge in [-0.25, -0.2) is 0 Å². The third-order valence-corrected chi connectivity index (χ3v) is 4.96. The molecular formula is C13H24N2OS. The summed E-state index contributed by atoms with van der Waals surface area (Å²) in [5, 5.41) is 3.00. The summed E-state index contributed by atoms with van der Waals surface area (Å²) >= 11 is 1.88. The highest BCUT2D eigenvalue weighted by Crippen LogP contribution is 2.37. The van der Waals surface area contributed by atoms with Crippen molar-refractivity contribution >= 4 is 17.7 Å². The molecule has 0 aromatic heterocycles. The standard InChI is InChI=1S/C13H24N2OS/c1-3-7-11(14)12(16)15-10-13(17-2)8-5-4-6-9-13/h3,11H,1,4-10,14H2,2H3,(H,15,16). The highest BCUT2D eigenvalue weighted by Gasteiger charge is 2.31. The third kappa shape index (κ3) is 4.36. The molecule has 1 aliphatic rings. The predicted molar refractivity (Wildman–Crippen MR) is 75.1 cm³/mol. The van der Waals surface area contributed by atoms with Crippen molar-refractivity contribution in [2.24, 2.45) is 5.73 Å². The fraction of sp³-hybridized carbons (Fsp3) is 0.769. The molecule has 0 aromatic rings. The van der Waals surface area contributed by atoms with E-state index in [9.17, 15) is 4.79 Å². The minimum absolute atomic E-state index is 0.0519. The van der Waals surface area contributed by atoms with Crippen molar-refractivity contribution in [2.45, 2.75) is 49.3 Å². The molecule has 98 valence electrons. The average Bonchev–Trinajstić information content (AvgIpc) is 2.37. The maximum absolute atomic E-state index is 11.7. The largest absolute Gasteiger partial charge is 0.353 e. The molecule has 17 heavy (non-hydrogen) atoms. The number of carbonyl (C=O) groups is 1. The summed E-state index contributed by atoms with van der Waals surface area (Å²) in [7, 11) is 0. The van der Waals surface area contributed by atoms with Gasteiger partial charge in [0.05, 0.1) is 6.04 Å². The van der Waals surface area contributed by atoms with Crippen molar-refractivity contribution in [1.29, 1.82) is 0 Å². The zero-order valence-electron chi connectivity index (χ0n) is 10.7. The molecule has 0 aliphatic heterocycles. The first kappa shape index (κ1) is 14.6. The Kier molecular flexibility index (Phi) is 6.06. The fourth-order valence-electron chi connectivity index (χ4n) is 2.32. The van der Waals surface area contributed by atoms with E-state index in [1.165, 1.54) is 32.1 Å². The molecular weight excluding hydrogens is 232 g/mol. The fourth-order valence-corrected chi connectivity index (χ4v) is 3.23. The summed E-state index contributed by atoms with van der Waals surface area (Å²) in [5.74, 6) is -0.0519. The minimum Gasteiger partial charge on any atom is -0.353 e. The Morgan fingerprint density at radius 1 is 1.53 bits per heavy atom. The molecule has 1 amide bonds. The van der Waals surface area contributed by atoms with Crippen molar-refractivity contribution in [3.05, 3.63) is 12.7 Å². The number of rotatable bonds is 6. The average molecular weight is 256 g/mol. The summed E-state index contributed by atoms with van der Waals surface area (Å²) in [4.78, 5) is 11.7. The van der Waals surface area contributed by atoms with Gasteiger partial charge in [0.2, 0.25) is 5.91 Å². The van der Waals surface area contributed by atoms with E-state index in [1.54, 1.807) is 6.08 Å². The topological polar surface area (TPSA) is 55.1 Å². The Morgan fingerprint density at radius 2 is 2.18 bits per heavy atom. The molecule has 0 radical (unpaired) electrons. The zero-order valence-corrected chi connectivity index (χ0v) is 11.5. The lowest BCUT2D eigenvalue weighted by atomic mass is 9.88. The van der Waals surface area contributed by atoms with E-state index in [4.69, 9.17) is 5.73 Å². The van der Waals surface area contributed by atoms with Crippen molar-refractivity contribution in [1.82, 2.24) is 5.32 Å². The number of hydrogen-bond donors (Lipinski definition) is 2. The SMILES string of the molecule is C=CCC(N)C(=O)NCC1(SC)CCCCC1. The first-order valence-electron chi connectivity index (χ1n) is 6.33. The summed E-state index contributed by atoms with van der Waals surface area (Å²) in [5.41, 5.74) is 5.74. The lowest BCUT2D eigenvalue weighted by Gasteiger charge is -2.36. The van der Waals surface area contributed by atoms with Crippen molar-refractivity contribution < 1.29 is 4.79 Å². The molecule has 0 heterocycles. The second kappa shape index (κ2) is 7.07. The molecule has 3 nitrogen and oxygen atoms in total. The Hall–Kier alpha value is -0.480. The number of nitrogens with two attached hydrogens (primary N) is 1. The minimum atomic E-state index is -0.449. The van der Waals surface area contributed by atoms with Crippen LogP contribution in [0.25, 0.3) is 0 Å². The number of hydrogen-bond acceptors (Lipinski definition) is 3. The smallest absolute Gasteiger partial charge is 0.237 e. The first-order valence-corrected chi connectivity index (χ1v) is 7.55. The second-order valence-corrected chi connectivity index (χ2v) is 6.07. The summed E-state index contributed by atoms with van der Waals surface area (Å²) in [6.07, 6.45) is 10.6. The van der Waals surface area contributed by atoms with E-state index in [2.05, 4.69) is 18.2 Å². The van der Waals surface area contributed by atoms with Gasteiger partial charge in [-0.05, 0) is 25.5 Å². The molecule has 0 aromatic carbocycles. The van der Waals surface area contributed by atoms with Gasteiger partial charge < -0.3 is 11.1 Å². The number of amides is 1. The van der Waals surface area contributed by atoms with E-state index < -0.39 is 6.04 Å². The monoisotopic (exact) mass is 256 g/mol. The molecule has 0 bridgehead atoms. The maximum Gasteiger partial charge on any atom is 0.237 e. The molecule has 0 saturated heterocycles. The zero-order chi connectivity index (χ0) is 12.7. The van der Waals surface area contributed by atoms with Gasteiger partial charge >= 0.3 is 0 Å². The number of thioether (sulfide) groups is 1. The van der Waals surface area contributed by atoms with Gasteiger partial charge in [-0.15, -0.1) is 6.58 Å². The second-order valence-electron chi connectivity index (χ2n) is 4.80. The van der Waals surface area contributed by atoms with Gasteiger partial charge in [-0.3, -0.25) is 4.79 Å². The lowest BCUT2D eigenvalue weighted by molar-refractivity contribution is -0.122. The molecule has 0 spiro atoms. The normalized spacial score (nSPS) is 20.6. The van der Waals surface area contributed by atoms with Crippen molar-refractivity contribution in [3.8, 4) is 0 Å². The molecule has 3 N–H and O–H groups in total. The Labute approximate surface area is 109 Å². The molecule has 1 atom stereocenters. The Morgan fingerprint density at radius 3 is 2.71 bits per heavy atom. The molecule has 1 aliphatic carbocycles. The summed E-state index contributed by atoms with van der Waals surface area (Å²) in [6.45, 7) is 4.35. The summed E-state index contributed by atoms with van der Waals surface area (Å²) in [6, 6.07) is -0.449. The van der Waals surface area contributed by atoms with Crippen LogP contribution >= 0.6 is 11.8 Å². The predicted octanol–water partition coefficient (Wildman–Crippen LogP) is 2.07. The van der Waals surface area contributed by atoms with Crippen LogP contribution in [0.3, 0.4) is 0 Å². The number of nitrogens with one attached hydrogen (secondary N) is 1. The van der Waals surface area contributed by atoms with Crippen LogP contribution in [-0.4, -0.2) is 29.5 Å². The molecule has 1 saturated carbocycles. The van der Waals surface area contributed by atoms with Crippen LogP contribution < -0.4 is 11.1 Å². The quantitative estimate of drug-likeness (QED) is 0.715. The summed E-state index contributed by atoms with van der Waals surface area (Å²) < 4.78 is 0.238. The Bertz CT molecular complexity index is 262. The van der Waals surface area contributed by atoms with Gasteiger partial charge in [-0.2, -0.15) is 11.8 Å². The van der Waals surface area contributed by atoms with Gasteiger partial charge in [0, 0.05) is 11.3 Å².